The van der Waals surface area contributed by atoms with Crippen LogP contribution in [-0.4, -0.2) is 39.3 Å². The number of nitrogens with zero attached hydrogens (tertiary/aromatic N) is 4. The normalized spacial score (nSPS) is 23.1. The summed E-state index contributed by atoms with van der Waals surface area (Å²) >= 11 is 0. The van der Waals surface area contributed by atoms with Crippen molar-refractivity contribution in [3.8, 4) is 0 Å². The minimum Gasteiger partial charge on any atom is -0.468 e. The van der Waals surface area contributed by atoms with Gasteiger partial charge in [-0.25, -0.2) is 0 Å². The van der Waals surface area contributed by atoms with Crippen molar-refractivity contribution < 1.29 is 27.5 Å². The zero-order valence-electron chi connectivity index (χ0n) is 23.0. The van der Waals surface area contributed by atoms with Crippen LogP contribution in [0.3, 0.4) is 0 Å². The van der Waals surface area contributed by atoms with E-state index in [4.69, 9.17) is 4.74 Å². The number of hydrogen-bond donors (Lipinski definition) is 1. The van der Waals surface area contributed by atoms with Crippen LogP contribution in [0.4, 0.5) is 18.9 Å². The topological polar surface area (TPSA) is 89.3 Å². The summed E-state index contributed by atoms with van der Waals surface area (Å²) in [6.07, 6.45) is 1.39. The molecular weight excluding hydrogens is 535 g/mol. The molecule has 216 valence electrons. The lowest BCUT2D eigenvalue weighted by Crippen LogP contribution is -2.47. The quantitative estimate of drug-likeness (QED) is 0.370. The fourth-order valence-electron chi connectivity index (χ4n) is 6.69. The third-order valence-corrected chi connectivity index (χ3v) is 9.11. The summed E-state index contributed by atoms with van der Waals surface area (Å²) in [7, 11) is 1.85. The third kappa shape index (κ3) is 4.79. The van der Waals surface area contributed by atoms with E-state index in [0.29, 0.717) is 37.2 Å². The monoisotopic (exact) mass is 567 g/mol. The van der Waals surface area contributed by atoms with E-state index in [1.54, 1.807) is 18.5 Å². The Balaban J connectivity index is 1.32. The first-order valence-corrected chi connectivity index (χ1v) is 13.8. The van der Waals surface area contributed by atoms with Gasteiger partial charge in [0.05, 0.1) is 24.1 Å². The van der Waals surface area contributed by atoms with E-state index < -0.39 is 23.1 Å². The van der Waals surface area contributed by atoms with Gasteiger partial charge < -0.3 is 19.5 Å². The number of aromatic nitrogens is 3. The molecule has 2 heterocycles. The maximum Gasteiger partial charge on any atom is 0.416 e. The first kappa shape index (κ1) is 27.4. The molecule has 3 aromatic rings. The van der Waals surface area contributed by atoms with Crippen LogP contribution >= 0.6 is 0 Å². The van der Waals surface area contributed by atoms with Crippen molar-refractivity contribution in [1.29, 1.82) is 0 Å². The Morgan fingerprint density at radius 3 is 2.61 bits per heavy atom. The number of rotatable bonds is 9. The lowest BCUT2D eigenvalue weighted by molar-refractivity contribution is -0.138. The highest BCUT2D eigenvalue weighted by molar-refractivity contribution is 6.10. The van der Waals surface area contributed by atoms with Crippen LogP contribution in [0.15, 0.2) is 42.7 Å². The predicted molar refractivity (Wildman–Crippen MR) is 144 cm³/mol. The van der Waals surface area contributed by atoms with Crippen LogP contribution in [0, 0.1) is 5.92 Å². The summed E-state index contributed by atoms with van der Waals surface area (Å²) in [4.78, 5) is 25.8. The van der Waals surface area contributed by atoms with Gasteiger partial charge in [-0.1, -0.05) is 12.1 Å². The average molecular weight is 568 g/mol. The number of aryl methyl sites for hydroxylation is 1. The number of ether oxygens (including phenoxy) is 1. The smallest absolute Gasteiger partial charge is 0.416 e. The second-order valence-corrected chi connectivity index (χ2v) is 11.9. The van der Waals surface area contributed by atoms with Crippen molar-refractivity contribution in [1.82, 2.24) is 20.1 Å². The van der Waals surface area contributed by atoms with Crippen LogP contribution in [0.2, 0.25) is 0 Å². The predicted octanol–water partition coefficient (Wildman–Crippen LogP) is 4.90. The summed E-state index contributed by atoms with van der Waals surface area (Å²) in [6.45, 7) is 2.90. The SMILES string of the molecule is Cn1cnnc1C1(c2cccc(N3Cc4c(cc(CNC5(C)CCC5)cc4C(F)(F)F)C3=O)c2)CC(COC=O)C1. The van der Waals surface area contributed by atoms with Crippen LogP contribution < -0.4 is 10.2 Å². The first-order valence-electron chi connectivity index (χ1n) is 13.8. The van der Waals surface area contributed by atoms with Crippen molar-refractivity contribution in [2.75, 3.05) is 11.5 Å². The zero-order valence-corrected chi connectivity index (χ0v) is 23.0. The number of nitrogens with one attached hydrogen (secondary N) is 1. The van der Waals surface area contributed by atoms with Crippen LogP contribution in [0.1, 0.15) is 77.5 Å². The summed E-state index contributed by atoms with van der Waals surface area (Å²) in [5, 5.41) is 11.8. The highest BCUT2D eigenvalue weighted by Crippen LogP contribution is 2.52. The van der Waals surface area contributed by atoms with E-state index in [-0.39, 0.29) is 35.7 Å². The number of halogens is 3. The molecule has 41 heavy (non-hydrogen) atoms. The molecule has 2 aromatic carbocycles. The van der Waals surface area contributed by atoms with E-state index in [9.17, 15) is 22.8 Å². The van der Waals surface area contributed by atoms with Crippen LogP contribution in [0.25, 0.3) is 0 Å². The Morgan fingerprint density at radius 2 is 1.98 bits per heavy atom. The Morgan fingerprint density at radius 1 is 1.20 bits per heavy atom. The van der Waals surface area contributed by atoms with Gasteiger partial charge in [-0.05, 0) is 85.9 Å². The van der Waals surface area contributed by atoms with Crippen LogP contribution in [-0.2, 0) is 41.3 Å². The van der Waals surface area contributed by atoms with E-state index in [2.05, 4.69) is 22.4 Å². The van der Waals surface area contributed by atoms with Crippen molar-refractivity contribution in [3.05, 3.63) is 76.4 Å². The van der Waals surface area contributed by atoms with Gasteiger partial charge in [0.1, 0.15) is 12.2 Å². The fourth-order valence-corrected chi connectivity index (χ4v) is 6.69. The Kier molecular flexibility index (Phi) is 6.67. The summed E-state index contributed by atoms with van der Waals surface area (Å²) in [5.74, 6) is 0.421. The van der Waals surface area contributed by atoms with Crippen molar-refractivity contribution in [3.63, 3.8) is 0 Å². The second-order valence-electron chi connectivity index (χ2n) is 11.9. The Hall–Kier alpha value is -3.73. The summed E-state index contributed by atoms with van der Waals surface area (Å²) < 4.78 is 49.5. The molecule has 2 saturated carbocycles. The van der Waals surface area contributed by atoms with E-state index in [0.717, 1.165) is 30.7 Å². The molecule has 2 fully saturated rings. The first-order chi connectivity index (χ1) is 19.5. The van der Waals surface area contributed by atoms with Crippen LogP contribution in [0.5, 0.6) is 0 Å². The number of alkyl halides is 3. The number of carbonyl (C=O) groups is 2. The average Bonchev–Trinajstić information content (AvgIpc) is 3.48. The van der Waals surface area contributed by atoms with E-state index in [1.807, 2.05) is 29.8 Å². The number of anilines is 1. The molecule has 0 atom stereocenters. The van der Waals surface area contributed by atoms with Gasteiger partial charge in [-0.15, -0.1) is 10.2 Å². The van der Waals surface area contributed by atoms with E-state index >= 15 is 0 Å². The molecule has 0 saturated heterocycles. The highest BCUT2D eigenvalue weighted by atomic mass is 19.4. The van der Waals surface area contributed by atoms with Crippen molar-refractivity contribution >= 4 is 18.1 Å². The van der Waals surface area contributed by atoms with Gasteiger partial charge in [0.2, 0.25) is 0 Å². The molecule has 0 bridgehead atoms. The Labute approximate surface area is 235 Å². The molecule has 0 spiro atoms. The largest absolute Gasteiger partial charge is 0.468 e. The number of carbonyl (C=O) groups excluding carboxylic acids is 2. The van der Waals surface area contributed by atoms with E-state index in [1.165, 1.54) is 11.0 Å². The van der Waals surface area contributed by atoms with Gasteiger partial charge in [-0.3, -0.25) is 9.59 Å². The van der Waals surface area contributed by atoms with Gasteiger partial charge in [-0.2, -0.15) is 13.2 Å². The molecule has 1 amide bonds. The second kappa shape index (κ2) is 9.97. The molecule has 11 heteroatoms. The van der Waals surface area contributed by atoms with Gasteiger partial charge in [0.25, 0.3) is 12.4 Å². The number of fused-ring (bicyclic) bond motifs is 1. The van der Waals surface area contributed by atoms with Crippen molar-refractivity contribution in [2.45, 2.75) is 69.2 Å². The molecule has 1 N–H and O–H groups in total. The summed E-state index contributed by atoms with van der Waals surface area (Å²) in [6, 6.07) is 10.2. The number of benzene rings is 2. The molecule has 1 aromatic heterocycles. The zero-order chi connectivity index (χ0) is 29.0. The number of amides is 1. The Bertz CT molecular complexity index is 1490. The molecule has 0 unspecified atom stereocenters. The molecule has 1 aliphatic heterocycles. The molecule has 3 aliphatic rings. The molecule has 6 rings (SSSR count). The van der Waals surface area contributed by atoms with Gasteiger partial charge in [0.15, 0.2) is 0 Å². The van der Waals surface area contributed by atoms with Crippen molar-refractivity contribution in [2.24, 2.45) is 13.0 Å². The maximum atomic E-state index is 14.2. The maximum absolute atomic E-state index is 14.2. The minimum absolute atomic E-state index is 0.00393. The summed E-state index contributed by atoms with van der Waals surface area (Å²) in [5.41, 5.74) is 0.591. The molecule has 8 nitrogen and oxygen atoms in total. The highest BCUT2D eigenvalue weighted by Gasteiger charge is 2.50. The minimum atomic E-state index is -4.58. The lowest BCUT2D eigenvalue weighted by Gasteiger charge is -2.47. The fraction of sp³-hybridized carbons (Fsp3) is 0.467. The molecule has 2 aliphatic carbocycles. The molecular formula is C30H32F3N5O3. The van der Waals surface area contributed by atoms with Gasteiger partial charge in [0, 0.05) is 30.4 Å². The van der Waals surface area contributed by atoms with Gasteiger partial charge >= 0.3 is 6.18 Å². The lowest BCUT2D eigenvalue weighted by atomic mass is 9.58. The standard InChI is InChI=1S/C30H32F3N5O3/c1-28(7-4-8-28)34-14-19-9-23-24(25(10-19)30(31,32)33)15-38(26(23)40)22-6-3-5-21(11-22)29(27-36-35-17-37(27)2)12-20(13-29)16-41-18-39/h3,5-6,9-11,17-18,20,34H,4,7-8,12-16H2,1-2H3. The molecule has 0 radical (unpaired) electrons. The third-order valence-electron chi connectivity index (χ3n) is 9.11. The number of hydrogen-bond acceptors (Lipinski definition) is 6.